The first-order valence-electron chi connectivity index (χ1n) is 7.72. The molecule has 0 fully saturated rings. The molecule has 0 aliphatic rings. The van der Waals surface area contributed by atoms with Gasteiger partial charge in [0.2, 0.25) is 5.78 Å². The summed E-state index contributed by atoms with van der Waals surface area (Å²) in [5, 5.41) is 7.72. The number of nitrogens with zero attached hydrogens (tertiary/aromatic N) is 3. The molecule has 0 amide bonds. The molecule has 134 valence electrons. The van der Waals surface area contributed by atoms with Gasteiger partial charge >= 0.3 is 6.18 Å². The highest BCUT2D eigenvalue weighted by Gasteiger charge is 2.29. The van der Waals surface area contributed by atoms with Gasteiger partial charge in [0.05, 0.1) is 5.56 Å². The van der Waals surface area contributed by atoms with Crippen LogP contribution in [-0.4, -0.2) is 19.6 Å². The lowest BCUT2D eigenvalue weighted by Crippen LogP contribution is -2.15. The zero-order chi connectivity index (χ0) is 18.8. The second kappa shape index (κ2) is 7.08. The predicted octanol–water partition coefficient (Wildman–Crippen LogP) is 3.61. The lowest BCUT2D eigenvalue weighted by molar-refractivity contribution is -0.137. The van der Waals surface area contributed by atoms with Gasteiger partial charge in [0.15, 0.2) is 0 Å². The van der Waals surface area contributed by atoms with E-state index in [4.69, 9.17) is 0 Å². The summed E-state index contributed by atoms with van der Waals surface area (Å²) < 4.78 is 37.9. The van der Waals surface area contributed by atoms with Crippen molar-refractivity contribution in [3.05, 3.63) is 62.8 Å². The number of hydrogen-bond donors (Lipinski definition) is 1. The number of aryl methyl sites for hydroxylation is 3. The Balaban J connectivity index is 0.000000181. The van der Waals surface area contributed by atoms with E-state index in [9.17, 15) is 18.0 Å². The van der Waals surface area contributed by atoms with E-state index >= 15 is 0 Å². The van der Waals surface area contributed by atoms with Crippen molar-refractivity contribution in [2.45, 2.75) is 40.3 Å². The third-order valence-electron chi connectivity index (χ3n) is 3.96. The van der Waals surface area contributed by atoms with Gasteiger partial charge in [-0.05, 0) is 44.9 Å². The fourth-order valence-electron chi connectivity index (χ4n) is 2.30. The Morgan fingerprint density at radius 1 is 1.08 bits per heavy atom. The number of aromatic nitrogens is 4. The van der Waals surface area contributed by atoms with Crippen molar-refractivity contribution in [1.29, 1.82) is 0 Å². The van der Waals surface area contributed by atoms with Crippen molar-refractivity contribution in [3.63, 3.8) is 0 Å². The number of fused-ring (bicyclic) bond motifs is 1. The van der Waals surface area contributed by atoms with Gasteiger partial charge in [-0.25, -0.2) is 0 Å². The molecule has 0 spiro atoms. The lowest BCUT2D eigenvalue weighted by atomic mass is 10.1. The van der Waals surface area contributed by atoms with Crippen LogP contribution in [0.1, 0.15) is 35.1 Å². The molecule has 5 nitrogen and oxygen atoms in total. The Kier molecular flexibility index (Phi) is 5.30. The van der Waals surface area contributed by atoms with Crippen molar-refractivity contribution < 1.29 is 13.2 Å². The predicted molar refractivity (Wildman–Crippen MR) is 88.6 cm³/mol. The molecule has 8 heteroatoms. The molecule has 2 heterocycles. The molecule has 3 rings (SSSR count). The highest BCUT2D eigenvalue weighted by molar-refractivity contribution is 5.33. The molecule has 0 aliphatic heterocycles. The van der Waals surface area contributed by atoms with Gasteiger partial charge in [-0.3, -0.25) is 14.2 Å². The standard InChI is InChI=1S/C9H9F3.C8H10N4O/c1-2-7-3-5-8(6-4-7)9(10,11)12;1-4-5(2)12-6(3)10-11-8(12)9-7(4)13/h3-6H,2H2,1H3;1-3H3,(H,9,11,13). The SMILES string of the molecule is CCc1ccc(C(F)(F)F)cc1.Cc1c(C)n2c(C)nnc2[nH]c1=O. The summed E-state index contributed by atoms with van der Waals surface area (Å²) in [5.74, 6) is 1.29. The first-order chi connectivity index (χ1) is 11.6. The minimum Gasteiger partial charge on any atom is -0.290 e. The zero-order valence-electron chi connectivity index (χ0n) is 14.4. The first kappa shape index (κ1) is 18.7. The van der Waals surface area contributed by atoms with Crippen LogP contribution in [0.3, 0.4) is 0 Å². The molecule has 2 aromatic heterocycles. The summed E-state index contributed by atoms with van der Waals surface area (Å²) in [6, 6.07) is 5.23. The fourth-order valence-corrected chi connectivity index (χ4v) is 2.30. The molecule has 0 aliphatic carbocycles. The lowest BCUT2D eigenvalue weighted by Gasteiger charge is -2.06. The van der Waals surface area contributed by atoms with E-state index < -0.39 is 11.7 Å². The van der Waals surface area contributed by atoms with Crippen LogP contribution in [0.15, 0.2) is 29.1 Å². The molecule has 3 aromatic rings. The zero-order valence-corrected chi connectivity index (χ0v) is 14.4. The molecule has 0 saturated carbocycles. The van der Waals surface area contributed by atoms with E-state index in [0.717, 1.165) is 35.6 Å². The topological polar surface area (TPSA) is 63.1 Å². The summed E-state index contributed by atoms with van der Waals surface area (Å²) >= 11 is 0. The molecule has 0 atom stereocenters. The van der Waals surface area contributed by atoms with Crippen LogP contribution in [0, 0.1) is 20.8 Å². The van der Waals surface area contributed by atoms with E-state index in [1.807, 2.05) is 25.2 Å². The number of alkyl halides is 3. The van der Waals surface area contributed by atoms with Gasteiger partial charge < -0.3 is 0 Å². The van der Waals surface area contributed by atoms with Crippen LogP contribution < -0.4 is 5.56 Å². The highest BCUT2D eigenvalue weighted by Crippen LogP contribution is 2.29. The molecular weight excluding hydrogens is 333 g/mol. The number of aromatic amines is 1. The van der Waals surface area contributed by atoms with Crippen LogP contribution in [0.2, 0.25) is 0 Å². The van der Waals surface area contributed by atoms with E-state index in [0.29, 0.717) is 11.3 Å². The summed E-state index contributed by atoms with van der Waals surface area (Å²) in [5.41, 5.74) is 1.83. The monoisotopic (exact) mass is 352 g/mol. The number of benzene rings is 1. The summed E-state index contributed by atoms with van der Waals surface area (Å²) in [6.45, 7) is 7.42. The number of rotatable bonds is 1. The average molecular weight is 352 g/mol. The third-order valence-corrected chi connectivity index (χ3v) is 3.96. The molecular formula is C17H19F3N4O. The third kappa shape index (κ3) is 4.07. The maximum Gasteiger partial charge on any atom is 0.416 e. The Labute approximate surface area is 142 Å². The quantitative estimate of drug-likeness (QED) is 0.728. The number of H-pyrrole nitrogens is 1. The van der Waals surface area contributed by atoms with Gasteiger partial charge in [-0.15, -0.1) is 10.2 Å². The minimum atomic E-state index is -4.22. The van der Waals surface area contributed by atoms with Crippen LogP contribution in [-0.2, 0) is 12.6 Å². The van der Waals surface area contributed by atoms with Crippen molar-refractivity contribution in [1.82, 2.24) is 19.6 Å². The normalized spacial score (nSPS) is 11.3. The van der Waals surface area contributed by atoms with Crippen LogP contribution >= 0.6 is 0 Å². The van der Waals surface area contributed by atoms with Crippen LogP contribution in [0.25, 0.3) is 5.78 Å². The fraction of sp³-hybridized carbons (Fsp3) is 0.353. The van der Waals surface area contributed by atoms with Crippen LogP contribution in [0.5, 0.6) is 0 Å². The second-order valence-corrected chi connectivity index (χ2v) is 5.62. The molecule has 0 bridgehead atoms. The smallest absolute Gasteiger partial charge is 0.290 e. The second-order valence-electron chi connectivity index (χ2n) is 5.62. The van der Waals surface area contributed by atoms with Gasteiger partial charge in [0, 0.05) is 11.3 Å². The van der Waals surface area contributed by atoms with Crippen molar-refractivity contribution >= 4 is 5.78 Å². The summed E-state index contributed by atoms with van der Waals surface area (Å²) in [6.07, 6.45) is -3.45. The van der Waals surface area contributed by atoms with Gasteiger partial charge in [-0.1, -0.05) is 19.1 Å². The van der Waals surface area contributed by atoms with E-state index in [1.54, 1.807) is 6.92 Å². The first-order valence-corrected chi connectivity index (χ1v) is 7.72. The van der Waals surface area contributed by atoms with E-state index in [2.05, 4.69) is 15.2 Å². The Hall–Kier alpha value is -2.64. The Morgan fingerprint density at radius 2 is 1.68 bits per heavy atom. The minimum absolute atomic E-state index is 0.0996. The summed E-state index contributed by atoms with van der Waals surface area (Å²) in [4.78, 5) is 14.0. The van der Waals surface area contributed by atoms with Gasteiger partial charge in [0.25, 0.3) is 5.56 Å². The van der Waals surface area contributed by atoms with Gasteiger partial charge in [-0.2, -0.15) is 13.2 Å². The van der Waals surface area contributed by atoms with Crippen molar-refractivity contribution in [3.8, 4) is 0 Å². The molecule has 0 unspecified atom stereocenters. The van der Waals surface area contributed by atoms with E-state index in [-0.39, 0.29) is 5.56 Å². The Morgan fingerprint density at radius 3 is 2.20 bits per heavy atom. The number of nitrogens with one attached hydrogen (secondary N) is 1. The Bertz CT molecular complexity index is 924. The maximum absolute atomic E-state index is 12.0. The molecule has 25 heavy (non-hydrogen) atoms. The molecule has 0 saturated heterocycles. The highest BCUT2D eigenvalue weighted by atomic mass is 19.4. The van der Waals surface area contributed by atoms with Crippen molar-refractivity contribution in [2.24, 2.45) is 0 Å². The molecule has 0 radical (unpaired) electrons. The van der Waals surface area contributed by atoms with E-state index in [1.165, 1.54) is 12.1 Å². The number of halogens is 3. The average Bonchev–Trinajstić information content (AvgIpc) is 2.93. The van der Waals surface area contributed by atoms with Gasteiger partial charge in [0.1, 0.15) is 5.82 Å². The summed E-state index contributed by atoms with van der Waals surface area (Å²) in [7, 11) is 0. The van der Waals surface area contributed by atoms with Crippen molar-refractivity contribution in [2.75, 3.05) is 0 Å². The molecule has 1 aromatic carbocycles. The molecule has 1 N–H and O–H groups in total. The van der Waals surface area contributed by atoms with Crippen LogP contribution in [0.4, 0.5) is 13.2 Å². The number of hydrogen-bond acceptors (Lipinski definition) is 3. The largest absolute Gasteiger partial charge is 0.416 e. The maximum atomic E-state index is 12.0.